The lowest BCUT2D eigenvalue weighted by Crippen LogP contribution is -2.12. The van der Waals surface area contributed by atoms with Gasteiger partial charge in [0.05, 0.1) is 0 Å². The van der Waals surface area contributed by atoms with Crippen molar-refractivity contribution in [1.29, 1.82) is 0 Å². The molecule has 0 saturated carbocycles. The first-order valence-corrected chi connectivity index (χ1v) is 7.11. The van der Waals surface area contributed by atoms with Crippen LogP contribution in [0.25, 0.3) is 0 Å². The molecule has 0 unspecified atom stereocenters. The Morgan fingerprint density at radius 3 is 2.65 bits per heavy atom. The number of carbonyl (C=O) groups excluding carboxylic acids is 1. The van der Waals surface area contributed by atoms with E-state index in [1.165, 1.54) is 12.8 Å². The van der Waals surface area contributed by atoms with Crippen LogP contribution in [0, 0.1) is 0 Å². The van der Waals surface area contributed by atoms with Gasteiger partial charge in [-0.3, -0.25) is 4.79 Å². The fraction of sp³-hybridized carbons (Fsp3) is 0.462. The highest BCUT2D eigenvalue weighted by molar-refractivity contribution is 7.99. The number of thioether (sulfide) groups is 1. The number of unbranched alkanes of at least 4 members (excludes halogenated alkanes) is 1. The first kappa shape index (κ1) is 13.9. The van der Waals surface area contributed by atoms with Gasteiger partial charge in [-0.1, -0.05) is 13.3 Å². The van der Waals surface area contributed by atoms with Crippen LogP contribution < -0.4 is 11.1 Å². The van der Waals surface area contributed by atoms with E-state index in [2.05, 4.69) is 12.2 Å². The molecular formula is C13H20N2OS. The van der Waals surface area contributed by atoms with Crippen molar-refractivity contribution in [2.45, 2.75) is 26.2 Å². The van der Waals surface area contributed by atoms with E-state index in [9.17, 15) is 4.79 Å². The van der Waals surface area contributed by atoms with Gasteiger partial charge < -0.3 is 11.1 Å². The zero-order valence-corrected chi connectivity index (χ0v) is 11.1. The maximum atomic E-state index is 11.6. The average molecular weight is 252 g/mol. The molecule has 0 aromatic heterocycles. The number of benzene rings is 1. The molecule has 94 valence electrons. The van der Waals surface area contributed by atoms with Crippen LogP contribution in [0.1, 0.15) is 26.2 Å². The first-order valence-electron chi connectivity index (χ1n) is 5.95. The summed E-state index contributed by atoms with van der Waals surface area (Å²) in [6.45, 7) is 2.17. The normalized spacial score (nSPS) is 10.2. The second kappa shape index (κ2) is 8.01. The number of hydrogen-bond acceptors (Lipinski definition) is 3. The molecule has 0 saturated heterocycles. The fourth-order valence-corrected chi connectivity index (χ4v) is 2.33. The van der Waals surface area contributed by atoms with Gasteiger partial charge in [-0.05, 0) is 36.4 Å². The van der Waals surface area contributed by atoms with Crippen LogP contribution in [0.15, 0.2) is 24.3 Å². The third-order valence-corrected chi connectivity index (χ3v) is 3.38. The summed E-state index contributed by atoms with van der Waals surface area (Å²) in [7, 11) is 0. The quantitative estimate of drug-likeness (QED) is 0.579. The molecule has 0 aliphatic heterocycles. The Labute approximate surface area is 107 Å². The number of anilines is 2. The summed E-state index contributed by atoms with van der Waals surface area (Å²) in [6, 6.07) is 7.20. The lowest BCUT2D eigenvalue weighted by Gasteiger charge is -2.05. The molecule has 0 radical (unpaired) electrons. The van der Waals surface area contributed by atoms with E-state index >= 15 is 0 Å². The van der Waals surface area contributed by atoms with Gasteiger partial charge in [0.1, 0.15) is 0 Å². The lowest BCUT2D eigenvalue weighted by molar-refractivity contribution is -0.115. The van der Waals surface area contributed by atoms with Crippen molar-refractivity contribution < 1.29 is 4.79 Å². The van der Waals surface area contributed by atoms with Crippen molar-refractivity contribution in [3.63, 3.8) is 0 Å². The van der Waals surface area contributed by atoms with E-state index in [0.717, 1.165) is 17.2 Å². The van der Waals surface area contributed by atoms with Gasteiger partial charge in [-0.2, -0.15) is 11.8 Å². The smallest absolute Gasteiger partial charge is 0.225 e. The van der Waals surface area contributed by atoms with E-state index in [0.29, 0.717) is 12.1 Å². The highest BCUT2D eigenvalue weighted by atomic mass is 32.2. The van der Waals surface area contributed by atoms with E-state index in [-0.39, 0.29) is 5.91 Å². The molecular weight excluding hydrogens is 232 g/mol. The average Bonchev–Trinajstić information content (AvgIpc) is 2.32. The van der Waals surface area contributed by atoms with Gasteiger partial charge in [0, 0.05) is 23.5 Å². The highest BCUT2D eigenvalue weighted by Gasteiger charge is 2.01. The van der Waals surface area contributed by atoms with Crippen LogP contribution in [-0.2, 0) is 4.79 Å². The zero-order chi connectivity index (χ0) is 12.5. The summed E-state index contributed by atoms with van der Waals surface area (Å²) in [4.78, 5) is 11.6. The van der Waals surface area contributed by atoms with Crippen LogP contribution in [0.5, 0.6) is 0 Å². The summed E-state index contributed by atoms with van der Waals surface area (Å²) in [5.74, 6) is 2.10. The van der Waals surface area contributed by atoms with Gasteiger partial charge >= 0.3 is 0 Å². The van der Waals surface area contributed by atoms with Crippen molar-refractivity contribution in [2.75, 3.05) is 22.6 Å². The van der Waals surface area contributed by atoms with Crippen LogP contribution in [0.4, 0.5) is 11.4 Å². The molecule has 0 spiro atoms. The largest absolute Gasteiger partial charge is 0.399 e. The summed E-state index contributed by atoms with van der Waals surface area (Å²) in [5, 5.41) is 2.85. The predicted molar refractivity (Wildman–Crippen MR) is 76.3 cm³/mol. The number of carbonyl (C=O) groups is 1. The molecule has 3 N–H and O–H groups in total. The Bertz CT molecular complexity index is 338. The number of nitrogens with one attached hydrogen (secondary N) is 1. The Morgan fingerprint density at radius 1 is 1.29 bits per heavy atom. The Kier molecular flexibility index (Phi) is 6.55. The van der Waals surface area contributed by atoms with Crippen molar-refractivity contribution in [3.8, 4) is 0 Å². The second-order valence-electron chi connectivity index (χ2n) is 3.89. The van der Waals surface area contributed by atoms with E-state index in [4.69, 9.17) is 5.73 Å². The molecule has 17 heavy (non-hydrogen) atoms. The first-order chi connectivity index (χ1) is 8.22. The van der Waals surface area contributed by atoms with Crippen LogP contribution in [0.2, 0.25) is 0 Å². The molecule has 1 aromatic rings. The third-order valence-electron chi connectivity index (χ3n) is 2.31. The summed E-state index contributed by atoms with van der Waals surface area (Å²) >= 11 is 1.84. The molecule has 1 aromatic carbocycles. The Balaban J connectivity index is 2.18. The van der Waals surface area contributed by atoms with Crippen molar-refractivity contribution in [2.24, 2.45) is 0 Å². The Morgan fingerprint density at radius 2 is 2.00 bits per heavy atom. The predicted octanol–water partition coefficient (Wildman–Crippen LogP) is 3.13. The molecule has 1 amide bonds. The molecule has 3 nitrogen and oxygen atoms in total. The van der Waals surface area contributed by atoms with E-state index in [1.807, 2.05) is 23.9 Å². The van der Waals surface area contributed by atoms with Gasteiger partial charge in [0.15, 0.2) is 0 Å². The van der Waals surface area contributed by atoms with Crippen molar-refractivity contribution in [1.82, 2.24) is 0 Å². The number of nitrogen functional groups attached to an aromatic ring is 1. The minimum Gasteiger partial charge on any atom is -0.399 e. The molecule has 4 heteroatoms. The van der Waals surface area contributed by atoms with Gasteiger partial charge in [-0.25, -0.2) is 0 Å². The van der Waals surface area contributed by atoms with Crippen LogP contribution in [-0.4, -0.2) is 17.4 Å². The number of amides is 1. The lowest BCUT2D eigenvalue weighted by atomic mass is 10.3. The maximum Gasteiger partial charge on any atom is 0.225 e. The minimum atomic E-state index is 0.0683. The van der Waals surface area contributed by atoms with Gasteiger partial charge in [0.2, 0.25) is 5.91 Å². The maximum absolute atomic E-state index is 11.6. The standard InChI is InChI=1S/C13H20N2OS/c1-2-3-9-17-10-8-13(16)15-12-6-4-11(14)5-7-12/h4-7H,2-3,8-10,14H2,1H3,(H,15,16). The molecule has 0 fully saturated rings. The third kappa shape index (κ3) is 6.22. The molecule has 0 aliphatic rings. The fourth-order valence-electron chi connectivity index (χ4n) is 1.30. The molecule has 1 rings (SSSR count). The molecule has 0 heterocycles. The summed E-state index contributed by atoms with van der Waals surface area (Å²) in [6.07, 6.45) is 3.01. The summed E-state index contributed by atoms with van der Waals surface area (Å²) in [5.41, 5.74) is 7.08. The minimum absolute atomic E-state index is 0.0683. The van der Waals surface area contributed by atoms with Crippen LogP contribution in [0.3, 0.4) is 0 Å². The molecule has 0 bridgehead atoms. The Hall–Kier alpha value is -1.16. The number of hydrogen-bond donors (Lipinski definition) is 2. The van der Waals surface area contributed by atoms with Crippen LogP contribution >= 0.6 is 11.8 Å². The van der Waals surface area contributed by atoms with Crippen molar-refractivity contribution in [3.05, 3.63) is 24.3 Å². The second-order valence-corrected chi connectivity index (χ2v) is 5.11. The molecule has 0 aliphatic carbocycles. The van der Waals surface area contributed by atoms with Gasteiger partial charge in [0.25, 0.3) is 0 Å². The van der Waals surface area contributed by atoms with Gasteiger partial charge in [-0.15, -0.1) is 0 Å². The number of rotatable bonds is 7. The summed E-state index contributed by atoms with van der Waals surface area (Å²) < 4.78 is 0. The zero-order valence-electron chi connectivity index (χ0n) is 10.2. The van der Waals surface area contributed by atoms with Crippen molar-refractivity contribution >= 4 is 29.0 Å². The van der Waals surface area contributed by atoms with E-state index < -0.39 is 0 Å². The highest BCUT2D eigenvalue weighted by Crippen LogP contribution is 2.12. The SMILES string of the molecule is CCCCSCCC(=O)Nc1ccc(N)cc1. The topological polar surface area (TPSA) is 55.1 Å². The van der Waals surface area contributed by atoms with E-state index in [1.54, 1.807) is 12.1 Å². The number of nitrogens with two attached hydrogens (primary N) is 1. The monoisotopic (exact) mass is 252 g/mol. The molecule has 0 atom stereocenters.